The standard InChI is InChI=1S/C17H11Br/c18-10-11-8-12-4-3-7-15-13-5-1-2-6-14(13)16(9-11)17(12)15/h1-9H,10H2. The van der Waals surface area contributed by atoms with Crippen LogP contribution in [-0.4, -0.2) is 0 Å². The third kappa shape index (κ3) is 1.25. The SMILES string of the molecule is BrCc1cc2c3c(cccc3c1)-c1ccccc1-2. The van der Waals surface area contributed by atoms with Crippen molar-refractivity contribution in [3.8, 4) is 22.3 Å². The van der Waals surface area contributed by atoms with Crippen LogP contribution in [0.4, 0.5) is 0 Å². The van der Waals surface area contributed by atoms with Crippen molar-refractivity contribution in [1.82, 2.24) is 0 Å². The van der Waals surface area contributed by atoms with Crippen molar-refractivity contribution < 1.29 is 0 Å². The topological polar surface area (TPSA) is 0 Å². The van der Waals surface area contributed by atoms with E-state index in [-0.39, 0.29) is 0 Å². The van der Waals surface area contributed by atoms with Gasteiger partial charge in [0.1, 0.15) is 0 Å². The number of hydrogen-bond acceptors (Lipinski definition) is 0. The first-order valence-corrected chi connectivity index (χ1v) is 7.22. The zero-order valence-corrected chi connectivity index (χ0v) is 11.4. The van der Waals surface area contributed by atoms with Gasteiger partial charge in [0.2, 0.25) is 0 Å². The summed E-state index contributed by atoms with van der Waals surface area (Å²) in [6.45, 7) is 0. The molecule has 0 unspecified atom stereocenters. The van der Waals surface area contributed by atoms with Crippen molar-refractivity contribution in [1.29, 1.82) is 0 Å². The van der Waals surface area contributed by atoms with E-state index in [0.29, 0.717) is 0 Å². The Bertz CT molecular complexity index is 772. The monoisotopic (exact) mass is 294 g/mol. The molecule has 0 aromatic heterocycles. The Morgan fingerprint density at radius 3 is 2.22 bits per heavy atom. The van der Waals surface area contributed by atoms with Gasteiger partial charge in [0.05, 0.1) is 0 Å². The van der Waals surface area contributed by atoms with E-state index < -0.39 is 0 Å². The lowest BCUT2D eigenvalue weighted by Crippen LogP contribution is -1.81. The van der Waals surface area contributed by atoms with Gasteiger partial charge in [-0.05, 0) is 44.7 Å². The third-order valence-electron chi connectivity index (χ3n) is 3.70. The average Bonchev–Trinajstić information content (AvgIpc) is 2.76. The largest absolute Gasteiger partial charge is 0.0876 e. The summed E-state index contributed by atoms with van der Waals surface area (Å²) >= 11 is 3.56. The van der Waals surface area contributed by atoms with Crippen LogP contribution in [0.3, 0.4) is 0 Å². The van der Waals surface area contributed by atoms with Crippen LogP contribution in [0.25, 0.3) is 33.0 Å². The van der Waals surface area contributed by atoms with E-state index in [9.17, 15) is 0 Å². The molecule has 0 atom stereocenters. The minimum absolute atomic E-state index is 0.905. The van der Waals surface area contributed by atoms with Crippen LogP contribution in [0.15, 0.2) is 54.6 Å². The fraction of sp³-hybridized carbons (Fsp3) is 0.0588. The van der Waals surface area contributed by atoms with E-state index in [0.717, 1.165) is 5.33 Å². The van der Waals surface area contributed by atoms with Crippen LogP contribution < -0.4 is 0 Å². The second-order valence-electron chi connectivity index (χ2n) is 4.73. The summed E-state index contributed by atoms with van der Waals surface area (Å²) in [5.41, 5.74) is 6.83. The molecule has 0 nitrogen and oxygen atoms in total. The fourth-order valence-corrected chi connectivity index (χ4v) is 3.28. The highest BCUT2D eigenvalue weighted by molar-refractivity contribution is 9.08. The molecule has 0 saturated carbocycles. The summed E-state index contributed by atoms with van der Waals surface area (Å²) in [6.07, 6.45) is 0. The molecule has 1 aliphatic carbocycles. The van der Waals surface area contributed by atoms with Crippen LogP contribution in [0.1, 0.15) is 5.56 Å². The Morgan fingerprint density at radius 2 is 1.44 bits per heavy atom. The van der Waals surface area contributed by atoms with Crippen LogP contribution in [-0.2, 0) is 5.33 Å². The van der Waals surface area contributed by atoms with Crippen LogP contribution in [0.2, 0.25) is 0 Å². The van der Waals surface area contributed by atoms with Crippen molar-refractivity contribution in [3.63, 3.8) is 0 Å². The number of hydrogen-bond donors (Lipinski definition) is 0. The summed E-state index contributed by atoms with van der Waals surface area (Å²) in [5.74, 6) is 0. The van der Waals surface area contributed by atoms with Crippen LogP contribution >= 0.6 is 15.9 Å². The van der Waals surface area contributed by atoms with Gasteiger partial charge in [0, 0.05) is 5.33 Å². The van der Waals surface area contributed by atoms with Gasteiger partial charge >= 0.3 is 0 Å². The molecule has 0 spiro atoms. The molecule has 4 rings (SSSR count). The Morgan fingerprint density at radius 1 is 0.722 bits per heavy atom. The van der Waals surface area contributed by atoms with Crippen molar-refractivity contribution in [3.05, 3.63) is 60.2 Å². The van der Waals surface area contributed by atoms with E-state index in [2.05, 4.69) is 70.5 Å². The zero-order chi connectivity index (χ0) is 12.1. The molecule has 0 fully saturated rings. The molecule has 18 heavy (non-hydrogen) atoms. The van der Waals surface area contributed by atoms with Gasteiger partial charge < -0.3 is 0 Å². The molecule has 0 saturated heterocycles. The molecular weight excluding hydrogens is 284 g/mol. The first kappa shape index (κ1) is 10.3. The molecule has 0 N–H and O–H groups in total. The van der Waals surface area contributed by atoms with Crippen LogP contribution in [0, 0.1) is 0 Å². The number of halogens is 1. The minimum Gasteiger partial charge on any atom is -0.0876 e. The second-order valence-corrected chi connectivity index (χ2v) is 5.29. The Labute approximate surface area is 114 Å². The maximum atomic E-state index is 3.56. The lowest BCUT2D eigenvalue weighted by Gasteiger charge is -2.05. The van der Waals surface area contributed by atoms with Crippen molar-refractivity contribution in [2.24, 2.45) is 0 Å². The minimum atomic E-state index is 0.905. The molecule has 0 amide bonds. The van der Waals surface area contributed by atoms with Crippen molar-refractivity contribution >= 4 is 26.7 Å². The molecule has 3 aromatic carbocycles. The van der Waals surface area contributed by atoms with E-state index in [1.807, 2.05) is 0 Å². The summed E-state index contributed by atoms with van der Waals surface area (Å²) in [7, 11) is 0. The van der Waals surface area contributed by atoms with E-state index >= 15 is 0 Å². The summed E-state index contributed by atoms with van der Waals surface area (Å²) < 4.78 is 0. The fourth-order valence-electron chi connectivity index (χ4n) is 2.96. The third-order valence-corrected chi connectivity index (χ3v) is 4.35. The number of rotatable bonds is 1. The molecule has 0 bridgehead atoms. The smallest absolute Gasteiger partial charge is 0.0283 e. The highest BCUT2D eigenvalue weighted by Crippen LogP contribution is 2.47. The number of benzene rings is 3. The van der Waals surface area contributed by atoms with Crippen LogP contribution in [0.5, 0.6) is 0 Å². The predicted octanol–water partition coefficient (Wildman–Crippen LogP) is 5.38. The molecule has 0 aliphatic heterocycles. The lowest BCUT2D eigenvalue weighted by atomic mass is 10.0. The summed E-state index contributed by atoms with van der Waals surface area (Å²) in [6, 6.07) is 19.9. The second kappa shape index (κ2) is 3.69. The van der Waals surface area contributed by atoms with Gasteiger partial charge in [0.15, 0.2) is 0 Å². The summed E-state index contributed by atoms with van der Waals surface area (Å²) in [4.78, 5) is 0. The van der Waals surface area contributed by atoms with Crippen molar-refractivity contribution in [2.75, 3.05) is 0 Å². The normalized spacial score (nSPS) is 11.8. The number of alkyl halides is 1. The van der Waals surface area contributed by atoms with Gasteiger partial charge in [-0.3, -0.25) is 0 Å². The Hall–Kier alpha value is -1.60. The molecular formula is C17H11Br. The van der Waals surface area contributed by atoms with E-state index in [1.54, 1.807) is 0 Å². The number of fused-ring (bicyclic) bond motifs is 3. The predicted molar refractivity (Wildman–Crippen MR) is 81.0 cm³/mol. The molecule has 0 radical (unpaired) electrons. The van der Waals surface area contributed by atoms with Gasteiger partial charge in [-0.15, -0.1) is 0 Å². The zero-order valence-electron chi connectivity index (χ0n) is 9.78. The highest BCUT2D eigenvalue weighted by atomic mass is 79.9. The summed E-state index contributed by atoms with van der Waals surface area (Å²) in [5, 5.41) is 3.65. The Kier molecular flexibility index (Phi) is 2.12. The van der Waals surface area contributed by atoms with Crippen molar-refractivity contribution in [2.45, 2.75) is 5.33 Å². The molecule has 3 aromatic rings. The lowest BCUT2D eigenvalue weighted by molar-refractivity contribution is 1.47. The van der Waals surface area contributed by atoms with Gasteiger partial charge in [0.25, 0.3) is 0 Å². The molecule has 86 valence electrons. The van der Waals surface area contributed by atoms with Gasteiger partial charge in [-0.25, -0.2) is 0 Å². The Balaban J connectivity index is 2.22. The van der Waals surface area contributed by atoms with Gasteiger partial charge in [-0.1, -0.05) is 64.5 Å². The van der Waals surface area contributed by atoms with E-state index in [1.165, 1.54) is 38.6 Å². The van der Waals surface area contributed by atoms with Gasteiger partial charge in [-0.2, -0.15) is 0 Å². The highest BCUT2D eigenvalue weighted by Gasteiger charge is 2.20. The quantitative estimate of drug-likeness (QED) is 0.413. The molecule has 1 heteroatoms. The first-order valence-electron chi connectivity index (χ1n) is 6.10. The van der Waals surface area contributed by atoms with E-state index in [4.69, 9.17) is 0 Å². The maximum Gasteiger partial charge on any atom is 0.0283 e. The molecule has 1 aliphatic rings. The first-order chi connectivity index (χ1) is 8.88. The maximum absolute atomic E-state index is 3.56. The average molecular weight is 295 g/mol. The molecule has 0 heterocycles.